The molecule has 3 rings (SSSR count). The summed E-state index contributed by atoms with van der Waals surface area (Å²) in [6.07, 6.45) is 1.37. The zero-order valence-corrected chi connectivity index (χ0v) is 16.4. The standard InChI is InChI=1S/C22H29N3O3/c1-27-19-8-6-18(7-9-19)10-12-23-13-11-22(26)24-20-4-2-3-5-21(20)25-14-16-28-17-15-25/h2-9,23H,10-17H2,1H3,(H,24,26). The van der Waals surface area contributed by atoms with Gasteiger partial charge in [0, 0.05) is 26.1 Å². The van der Waals surface area contributed by atoms with E-state index >= 15 is 0 Å². The summed E-state index contributed by atoms with van der Waals surface area (Å²) >= 11 is 0. The number of para-hydroxylation sites is 2. The highest BCUT2D eigenvalue weighted by Gasteiger charge is 2.15. The molecular formula is C22H29N3O3. The van der Waals surface area contributed by atoms with Gasteiger partial charge in [-0.05, 0) is 42.8 Å². The highest BCUT2D eigenvalue weighted by molar-refractivity contribution is 5.94. The van der Waals surface area contributed by atoms with E-state index in [0.717, 1.165) is 56.4 Å². The maximum absolute atomic E-state index is 12.3. The molecule has 2 aromatic rings. The fraction of sp³-hybridized carbons (Fsp3) is 0.409. The maximum atomic E-state index is 12.3. The van der Waals surface area contributed by atoms with Crippen molar-refractivity contribution in [2.75, 3.05) is 56.7 Å². The lowest BCUT2D eigenvalue weighted by atomic mass is 10.1. The quantitative estimate of drug-likeness (QED) is 0.652. The number of carbonyl (C=O) groups excluding carboxylic acids is 1. The zero-order chi connectivity index (χ0) is 19.6. The molecule has 1 heterocycles. The molecule has 6 heteroatoms. The van der Waals surface area contributed by atoms with Gasteiger partial charge in [0.1, 0.15) is 5.75 Å². The van der Waals surface area contributed by atoms with Gasteiger partial charge in [0.25, 0.3) is 0 Å². The van der Waals surface area contributed by atoms with E-state index in [4.69, 9.17) is 9.47 Å². The number of nitrogens with one attached hydrogen (secondary N) is 2. The lowest BCUT2D eigenvalue weighted by Crippen LogP contribution is -2.36. The number of amides is 1. The van der Waals surface area contributed by atoms with Gasteiger partial charge in [0.05, 0.1) is 31.7 Å². The third-order valence-electron chi connectivity index (χ3n) is 4.81. The van der Waals surface area contributed by atoms with Crippen molar-refractivity contribution >= 4 is 17.3 Å². The molecule has 28 heavy (non-hydrogen) atoms. The van der Waals surface area contributed by atoms with Crippen LogP contribution < -0.4 is 20.3 Å². The van der Waals surface area contributed by atoms with Crippen LogP contribution >= 0.6 is 0 Å². The normalized spacial score (nSPS) is 14.0. The van der Waals surface area contributed by atoms with Crippen molar-refractivity contribution in [2.45, 2.75) is 12.8 Å². The molecule has 0 unspecified atom stereocenters. The average Bonchev–Trinajstić information content (AvgIpc) is 2.75. The SMILES string of the molecule is COc1ccc(CCNCCC(=O)Nc2ccccc2N2CCOCC2)cc1. The molecule has 1 aliphatic heterocycles. The fourth-order valence-corrected chi connectivity index (χ4v) is 3.22. The molecule has 6 nitrogen and oxygen atoms in total. The molecule has 1 saturated heterocycles. The predicted octanol–water partition coefficient (Wildman–Crippen LogP) is 2.69. The fourth-order valence-electron chi connectivity index (χ4n) is 3.22. The van der Waals surface area contributed by atoms with Gasteiger partial charge in [0.2, 0.25) is 5.91 Å². The van der Waals surface area contributed by atoms with Crippen molar-refractivity contribution in [3.05, 3.63) is 54.1 Å². The first kappa shape index (κ1) is 20.2. The number of methoxy groups -OCH3 is 1. The van der Waals surface area contributed by atoms with Crippen LogP contribution in [0.15, 0.2) is 48.5 Å². The third kappa shape index (κ3) is 5.97. The van der Waals surface area contributed by atoms with Crippen LogP contribution in [0.4, 0.5) is 11.4 Å². The summed E-state index contributed by atoms with van der Waals surface area (Å²) in [5.74, 6) is 0.892. The number of ether oxygens (including phenoxy) is 2. The van der Waals surface area contributed by atoms with Crippen molar-refractivity contribution in [1.29, 1.82) is 0 Å². The number of benzene rings is 2. The van der Waals surface area contributed by atoms with E-state index in [2.05, 4.69) is 27.7 Å². The summed E-state index contributed by atoms with van der Waals surface area (Å²) in [5, 5.41) is 6.39. The monoisotopic (exact) mass is 383 g/mol. The average molecular weight is 383 g/mol. The molecule has 2 N–H and O–H groups in total. The van der Waals surface area contributed by atoms with E-state index < -0.39 is 0 Å². The molecule has 0 radical (unpaired) electrons. The van der Waals surface area contributed by atoms with Crippen LogP contribution in [0.2, 0.25) is 0 Å². The second kappa shape index (κ2) is 10.7. The Kier molecular flexibility index (Phi) is 7.70. The molecule has 1 fully saturated rings. The molecule has 0 bridgehead atoms. The molecule has 0 atom stereocenters. The van der Waals surface area contributed by atoms with E-state index in [1.165, 1.54) is 5.56 Å². The number of carbonyl (C=O) groups is 1. The van der Waals surface area contributed by atoms with Crippen LogP contribution in [0, 0.1) is 0 Å². The van der Waals surface area contributed by atoms with Crippen molar-refractivity contribution < 1.29 is 14.3 Å². The van der Waals surface area contributed by atoms with Gasteiger partial charge in [-0.2, -0.15) is 0 Å². The van der Waals surface area contributed by atoms with Gasteiger partial charge in [-0.1, -0.05) is 24.3 Å². The van der Waals surface area contributed by atoms with Crippen molar-refractivity contribution in [1.82, 2.24) is 5.32 Å². The first-order chi connectivity index (χ1) is 13.8. The molecule has 0 saturated carbocycles. The number of morpholine rings is 1. The largest absolute Gasteiger partial charge is 0.497 e. The Balaban J connectivity index is 1.39. The van der Waals surface area contributed by atoms with Crippen LogP contribution in [0.1, 0.15) is 12.0 Å². The maximum Gasteiger partial charge on any atom is 0.225 e. The molecule has 2 aromatic carbocycles. The summed E-state index contributed by atoms with van der Waals surface area (Å²) < 4.78 is 10.6. The summed E-state index contributed by atoms with van der Waals surface area (Å²) in [6.45, 7) is 4.63. The van der Waals surface area contributed by atoms with E-state index in [1.54, 1.807) is 7.11 Å². The van der Waals surface area contributed by atoms with Crippen LogP contribution in [0.5, 0.6) is 5.75 Å². The van der Waals surface area contributed by atoms with Crippen LogP contribution in [0.3, 0.4) is 0 Å². The van der Waals surface area contributed by atoms with Gasteiger partial charge < -0.3 is 25.0 Å². The summed E-state index contributed by atoms with van der Waals surface area (Å²) in [4.78, 5) is 14.6. The van der Waals surface area contributed by atoms with Crippen molar-refractivity contribution in [3.63, 3.8) is 0 Å². The van der Waals surface area contributed by atoms with Crippen LogP contribution in [0.25, 0.3) is 0 Å². The topological polar surface area (TPSA) is 62.8 Å². The second-order valence-electron chi connectivity index (χ2n) is 6.76. The summed E-state index contributed by atoms with van der Waals surface area (Å²) in [7, 11) is 1.67. The zero-order valence-electron chi connectivity index (χ0n) is 16.4. The summed E-state index contributed by atoms with van der Waals surface area (Å²) in [5.41, 5.74) is 3.18. The van der Waals surface area contributed by atoms with E-state index in [9.17, 15) is 4.79 Å². The van der Waals surface area contributed by atoms with Gasteiger partial charge >= 0.3 is 0 Å². The molecule has 150 valence electrons. The molecule has 0 aliphatic carbocycles. The lowest BCUT2D eigenvalue weighted by Gasteiger charge is -2.30. The van der Waals surface area contributed by atoms with Crippen molar-refractivity contribution in [2.24, 2.45) is 0 Å². The van der Waals surface area contributed by atoms with E-state index in [1.807, 2.05) is 36.4 Å². The van der Waals surface area contributed by atoms with Gasteiger partial charge in [-0.25, -0.2) is 0 Å². The number of hydrogen-bond donors (Lipinski definition) is 2. The number of rotatable bonds is 9. The Morgan fingerprint density at radius 1 is 1.07 bits per heavy atom. The minimum Gasteiger partial charge on any atom is -0.497 e. The smallest absolute Gasteiger partial charge is 0.225 e. The Labute approximate surface area is 166 Å². The Morgan fingerprint density at radius 3 is 2.57 bits per heavy atom. The first-order valence-corrected chi connectivity index (χ1v) is 9.81. The lowest BCUT2D eigenvalue weighted by molar-refractivity contribution is -0.116. The van der Waals surface area contributed by atoms with E-state index in [0.29, 0.717) is 13.0 Å². The van der Waals surface area contributed by atoms with Crippen LogP contribution in [-0.2, 0) is 16.0 Å². The highest BCUT2D eigenvalue weighted by Crippen LogP contribution is 2.26. The number of nitrogens with zero attached hydrogens (tertiary/aromatic N) is 1. The minimum atomic E-state index is 0.0256. The number of hydrogen-bond acceptors (Lipinski definition) is 5. The Morgan fingerprint density at radius 2 is 1.82 bits per heavy atom. The Bertz CT molecular complexity index is 743. The number of anilines is 2. The van der Waals surface area contributed by atoms with Gasteiger partial charge in [0.15, 0.2) is 0 Å². The predicted molar refractivity (Wildman–Crippen MR) is 112 cm³/mol. The van der Waals surface area contributed by atoms with Gasteiger partial charge in [-0.3, -0.25) is 4.79 Å². The third-order valence-corrected chi connectivity index (χ3v) is 4.81. The second-order valence-corrected chi connectivity index (χ2v) is 6.76. The molecule has 0 spiro atoms. The molecule has 0 aromatic heterocycles. The molecule has 1 amide bonds. The van der Waals surface area contributed by atoms with E-state index in [-0.39, 0.29) is 5.91 Å². The minimum absolute atomic E-state index is 0.0256. The first-order valence-electron chi connectivity index (χ1n) is 9.81. The van der Waals surface area contributed by atoms with Crippen LogP contribution in [-0.4, -0.2) is 52.4 Å². The Hall–Kier alpha value is -2.57. The van der Waals surface area contributed by atoms with Crippen molar-refractivity contribution in [3.8, 4) is 5.75 Å². The summed E-state index contributed by atoms with van der Waals surface area (Å²) in [6, 6.07) is 16.0. The molecular weight excluding hydrogens is 354 g/mol. The van der Waals surface area contributed by atoms with Gasteiger partial charge in [-0.15, -0.1) is 0 Å². The molecule has 1 aliphatic rings. The highest BCUT2D eigenvalue weighted by atomic mass is 16.5.